The first-order valence-electron chi connectivity index (χ1n) is 8.85. The second-order valence-electron chi connectivity index (χ2n) is 6.09. The molecule has 3 aromatic rings. The Morgan fingerprint density at radius 3 is 2.57 bits per heavy atom. The first-order chi connectivity index (χ1) is 13.5. The zero-order valence-electron chi connectivity index (χ0n) is 15.5. The van der Waals surface area contributed by atoms with Crippen LogP contribution in [0.2, 0.25) is 0 Å². The quantitative estimate of drug-likeness (QED) is 0.614. The van der Waals surface area contributed by atoms with Crippen LogP contribution in [0, 0.1) is 5.82 Å². The largest absolute Gasteiger partial charge is 0.449 e. The predicted molar refractivity (Wildman–Crippen MR) is 101 cm³/mol. The summed E-state index contributed by atoms with van der Waals surface area (Å²) in [4.78, 5) is 24.9. The monoisotopic (exact) mass is 385 g/mol. The molecule has 0 fully saturated rings. The number of benzene rings is 2. The van der Waals surface area contributed by atoms with Crippen LogP contribution in [-0.4, -0.2) is 24.6 Å². The van der Waals surface area contributed by atoms with Crippen molar-refractivity contribution in [3.8, 4) is 0 Å². The second-order valence-corrected chi connectivity index (χ2v) is 6.09. The molecule has 0 saturated heterocycles. The van der Waals surface area contributed by atoms with Crippen molar-refractivity contribution in [1.82, 2.24) is 0 Å². The zero-order chi connectivity index (χ0) is 20.1. The summed E-state index contributed by atoms with van der Waals surface area (Å²) in [5.41, 5.74) is 1.51. The van der Waals surface area contributed by atoms with Crippen LogP contribution in [0.5, 0.6) is 0 Å². The zero-order valence-corrected chi connectivity index (χ0v) is 15.5. The molecule has 0 unspecified atom stereocenters. The van der Waals surface area contributed by atoms with Gasteiger partial charge < -0.3 is 19.2 Å². The van der Waals surface area contributed by atoms with Gasteiger partial charge >= 0.3 is 5.97 Å². The second kappa shape index (κ2) is 8.67. The van der Waals surface area contributed by atoms with Gasteiger partial charge in [0.25, 0.3) is 5.91 Å². The number of para-hydroxylation sites is 1. The van der Waals surface area contributed by atoms with Crippen LogP contribution in [0.4, 0.5) is 10.1 Å². The molecule has 1 amide bonds. The van der Waals surface area contributed by atoms with Crippen molar-refractivity contribution in [3.05, 3.63) is 65.7 Å². The summed E-state index contributed by atoms with van der Waals surface area (Å²) in [6.45, 7) is 3.96. The van der Waals surface area contributed by atoms with E-state index in [2.05, 4.69) is 5.32 Å². The van der Waals surface area contributed by atoms with E-state index in [1.54, 1.807) is 12.1 Å². The molecular formula is C21H20FNO5. The molecule has 1 atom stereocenters. The first-order valence-corrected chi connectivity index (χ1v) is 8.85. The van der Waals surface area contributed by atoms with Crippen LogP contribution in [-0.2, 0) is 20.9 Å². The van der Waals surface area contributed by atoms with Crippen LogP contribution >= 0.6 is 0 Å². The van der Waals surface area contributed by atoms with E-state index in [9.17, 15) is 14.0 Å². The minimum absolute atomic E-state index is 0.0103. The highest BCUT2D eigenvalue weighted by Gasteiger charge is 2.26. The number of hydrogen-bond donors (Lipinski definition) is 1. The van der Waals surface area contributed by atoms with Crippen LogP contribution in [0.15, 0.2) is 52.9 Å². The van der Waals surface area contributed by atoms with E-state index in [0.717, 1.165) is 5.39 Å². The van der Waals surface area contributed by atoms with Gasteiger partial charge in [-0.15, -0.1) is 0 Å². The lowest BCUT2D eigenvalue weighted by atomic mass is 10.1. The number of carbonyl (C=O) groups excluding carboxylic acids is 2. The summed E-state index contributed by atoms with van der Waals surface area (Å²) < 4.78 is 29.3. The number of amides is 1. The summed E-state index contributed by atoms with van der Waals surface area (Å²) in [6.07, 6.45) is -1.08. The maximum atomic E-state index is 13.0. The Hall–Kier alpha value is -3.19. The lowest BCUT2D eigenvalue weighted by Gasteiger charge is -2.13. The Bertz CT molecular complexity index is 980. The number of hydrogen-bond acceptors (Lipinski definition) is 5. The maximum Gasteiger partial charge on any atom is 0.375 e. The third-order valence-corrected chi connectivity index (χ3v) is 4.10. The van der Waals surface area contributed by atoms with Crippen LogP contribution < -0.4 is 5.32 Å². The van der Waals surface area contributed by atoms with Gasteiger partial charge in [0, 0.05) is 23.2 Å². The van der Waals surface area contributed by atoms with Gasteiger partial charge in [0.1, 0.15) is 11.4 Å². The number of anilines is 1. The van der Waals surface area contributed by atoms with E-state index in [1.807, 2.05) is 19.1 Å². The van der Waals surface area contributed by atoms with Crippen molar-refractivity contribution >= 4 is 28.5 Å². The molecule has 0 spiro atoms. The fourth-order valence-corrected chi connectivity index (χ4v) is 2.66. The molecule has 7 heteroatoms. The Morgan fingerprint density at radius 2 is 1.86 bits per heavy atom. The molecule has 0 aliphatic carbocycles. The van der Waals surface area contributed by atoms with Gasteiger partial charge in [-0.25, -0.2) is 9.18 Å². The van der Waals surface area contributed by atoms with Crippen molar-refractivity contribution in [2.75, 3.05) is 11.9 Å². The average Bonchev–Trinajstić information content (AvgIpc) is 3.06. The number of carbonyl (C=O) groups is 2. The van der Waals surface area contributed by atoms with Gasteiger partial charge in [0.05, 0.1) is 6.61 Å². The Morgan fingerprint density at radius 1 is 1.14 bits per heavy atom. The standard InChI is InChI=1S/C21H20FNO5/c1-3-26-12-17-16-6-4-5-7-18(16)28-19(17)21(25)27-13(2)20(24)23-15-10-8-14(22)9-11-15/h4-11,13H,3,12H2,1-2H3,(H,23,24)/t13-/m0/s1. The summed E-state index contributed by atoms with van der Waals surface area (Å²) in [6, 6.07) is 12.5. The number of halogens is 1. The lowest BCUT2D eigenvalue weighted by molar-refractivity contribution is -0.123. The molecule has 0 aliphatic rings. The first kappa shape index (κ1) is 19.6. The van der Waals surface area contributed by atoms with E-state index in [-0.39, 0.29) is 12.4 Å². The van der Waals surface area contributed by atoms with Gasteiger partial charge in [0.15, 0.2) is 6.10 Å². The summed E-state index contributed by atoms with van der Waals surface area (Å²) in [5, 5.41) is 3.32. The number of fused-ring (bicyclic) bond motifs is 1. The fourth-order valence-electron chi connectivity index (χ4n) is 2.66. The molecule has 3 rings (SSSR count). The maximum absolute atomic E-state index is 13.0. The Labute approximate surface area is 161 Å². The predicted octanol–water partition coefficient (Wildman–Crippen LogP) is 4.29. The minimum atomic E-state index is -1.08. The summed E-state index contributed by atoms with van der Waals surface area (Å²) in [7, 11) is 0. The molecule has 6 nitrogen and oxygen atoms in total. The van der Waals surface area contributed by atoms with E-state index < -0.39 is 23.8 Å². The highest BCUT2D eigenvalue weighted by Crippen LogP contribution is 2.27. The third kappa shape index (κ3) is 4.37. The highest BCUT2D eigenvalue weighted by molar-refractivity contribution is 5.99. The topological polar surface area (TPSA) is 77.8 Å². The molecule has 0 aliphatic heterocycles. The van der Waals surface area contributed by atoms with E-state index >= 15 is 0 Å². The Balaban J connectivity index is 1.74. The molecular weight excluding hydrogens is 365 g/mol. The van der Waals surface area contributed by atoms with Gasteiger partial charge in [-0.3, -0.25) is 4.79 Å². The number of nitrogens with one attached hydrogen (secondary N) is 1. The molecule has 1 heterocycles. The van der Waals surface area contributed by atoms with Crippen molar-refractivity contribution in [2.45, 2.75) is 26.6 Å². The van der Waals surface area contributed by atoms with Crippen molar-refractivity contribution < 1.29 is 27.9 Å². The van der Waals surface area contributed by atoms with Crippen molar-refractivity contribution in [1.29, 1.82) is 0 Å². The third-order valence-electron chi connectivity index (χ3n) is 4.10. The number of ether oxygens (including phenoxy) is 2. The highest BCUT2D eigenvalue weighted by atomic mass is 19.1. The smallest absolute Gasteiger partial charge is 0.375 e. The SMILES string of the molecule is CCOCc1c(C(=O)O[C@@H](C)C(=O)Nc2ccc(F)cc2)oc2ccccc12. The van der Waals surface area contributed by atoms with Gasteiger partial charge in [-0.1, -0.05) is 18.2 Å². The number of furan rings is 1. The van der Waals surface area contributed by atoms with E-state index in [0.29, 0.717) is 23.4 Å². The molecule has 0 saturated carbocycles. The number of esters is 1. The lowest BCUT2D eigenvalue weighted by Crippen LogP contribution is -2.30. The van der Waals surface area contributed by atoms with E-state index in [1.165, 1.54) is 31.2 Å². The Kier molecular flexibility index (Phi) is 6.06. The number of rotatable bonds is 7. The van der Waals surface area contributed by atoms with Gasteiger partial charge in [-0.05, 0) is 44.2 Å². The van der Waals surface area contributed by atoms with Crippen LogP contribution in [0.3, 0.4) is 0 Å². The minimum Gasteiger partial charge on any atom is -0.449 e. The van der Waals surface area contributed by atoms with Crippen LogP contribution in [0.25, 0.3) is 11.0 Å². The molecule has 28 heavy (non-hydrogen) atoms. The normalized spacial score (nSPS) is 12.0. The van der Waals surface area contributed by atoms with E-state index in [4.69, 9.17) is 13.9 Å². The summed E-state index contributed by atoms with van der Waals surface area (Å²) in [5.74, 6) is -1.70. The molecule has 2 aromatic carbocycles. The summed E-state index contributed by atoms with van der Waals surface area (Å²) >= 11 is 0. The fraction of sp³-hybridized carbons (Fsp3) is 0.238. The average molecular weight is 385 g/mol. The van der Waals surface area contributed by atoms with Crippen molar-refractivity contribution in [3.63, 3.8) is 0 Å². The van der Waals surface area contributed by atoms with Gasteiger partial charge in [-0.2, -0.15) is 0 Å². The van der Waals surface area contributed by atoms with Gasteiger partial charge in [0.2, 0.25) is 5.76 Å². The van der Waals surface area contributed by atoms with Crippen LogP contribution in [0.1, 0.15) is 30.0 Å². The molecule has 1 N–H and O–H groups in total. The van der Waals surface area contributed by atoms with Crippen molar-refractivity contribution in [2.24, 2.45) is 0 Å². The molecule has 0 bridgehead atoms. The molecule has 0 radical (unpaired) electrons. The molecule has 146 valence electrons. The molecule has 1 aromatic heterocycles.